The fraction of sp³-hybridized carbons (Fsp3) is 0.524. The summed E-state index contributed by atoms with van der Waals surface area (Å²) >= 11 is 1.54. The predicted molar refractivity (Wildman–Crippen MR) is 111 cm³/mol. The molecule has 2 atom stereocenters. The van der Waals surface area contributed by atoms with Crippen LogP contribution in [0.25, 0.3) is 4.96 Å². The van der Waals surface area contributed by atoms with Crippen LogP contribution in [-0.2, 0) is 6.42 Å². The number of aryl methyl sites for hydroxylation is 1. The predicted octanol–water partition coefficient (Wildman–Crippen LogP) is 4.28. The average Bonchev–Trinajstić information content (AvgIpc) is 3.23. The maximum atomic E-state index is 11.0. The van der Waals surface area contributed by atoms with Crippen LogP contribution < -0.4 is 4.74 Å². The van der Waals surface area contributed by atoms with E-state index in [4.69, 9.17) is 4.74 Å². The molecule has 0 spiro atoms. The summed E-state index contributed by atoms with van der Waals surface area (Å²) in [6.07, 6.45) is 3.19. The highest BCUT2D eigenvalue weighted by atomic mass is 32.1. The van der Waals surface area contributed by atoms with Crippen molar-refractivity contribution in [2.45, 2.75) is 46.1 Å². The lowest BCUT2D eigenvalue weighted by molar-refractivity contribution is 0.149. The maximum absolute atomic E-state index is 11.0. The van der Waals surface area contributed by atoms with Gasteiger partial charge >= 0.3 is 0 Å². The molecule has 0 bridgehead atoms. The Kier molecular flexibility index (Phi) is 5.55. The van der Waals surface area contributed by atoms with E-state index in [2.05, 4.69) is 34.0 Å². The summed E-state index contributed by atoms with van der Waals surface area (Å²) in [6.45, 7) is 9.01. The highest BCUT2D eigenvalue weighted by molar-refractivity contribution is 7.17. The van der Waals surface area contributed by atoms with E-state index in [1.54, 1.807) is 4.52 Å². The quantitative estimate of drug-likeness (QED) is 0.669. The molecule has 1 N–H and O–H groups in total. The third-order valence-electron chi connectivity index (χ3n) is 5.37. The molecule has 0 saturated carbocycles. The minimum Gasteiger partial charge on any atom is -0.494 e. The zero-order chi connectivity index (χ0) is 19.7. The number of aromatic hydroxyl groups is 1. The van der Waals surface area contributed by atoms with E-state index in [9.17, 15) is 5.11 Å². The van der Waals surface area contributed by atoms with Gasteiger partial charge < -0.3 is 9.84 Å². The summed E-state index contributed by atoms with van der Waals surface area (Å²) < 4.78 is 7.20. The summed E-state index contributed by atoms with van der Waals surface area (Å²) in [6, 6.07) is 8.26. The molecule has 0 aliphatic carbocycles. The standard InChI is InChI=1S/C21H28N4O2S/c1-4-17-22-21-25(23-17)20(26)19(28-21)18(24-12-6-7-14(3)13-24)15-8-10-16(11-9-15)27-5-2/h8-11,14,18,26H,4-7,12-13H2,1-3H3/t14-,18+/m1/s1. The van der Waals surface area contributed by atoms with Gasteiger partial charge in [0.1, 0.15) is 5.75 Å². The Morgan fingerprint density at radius 3 is 2.71 bits per heavy atom. The van der Waals surface area contributed by atoms with Crippen molar-refractivity contribution in [1.82, 2.24) is 19.5 Å². The van der Waals surface area contributed by atoms with Crippen LogP contribution in [0, 0.1) is 5.92 Å². The number of benzene rings is 1. The fourth-order valence-corrected chi connectivity index (χ4v) is 5.16. The zero-order valence-electron chi connectivity index (χ0n) is 16.8. The Morgan fingerprint density at radius 1 is 1.29 bits per heavy atom. The van der Waals surface area contributed by atoms with E-state index in [1.807, 2.05) is 26.0 Å². The lowest BCUT2D eigenvalue weighted by atomic mass is 9.95. The molecule has 0 unspecified atom stereocenters. The van der Waals surface area contributed by atoms with Gasteiger partial charge in [0.05, 0.1) is 17.5 Å². The Morgan fingerprint density at radius 2 is 2.07 bits per heavy atom. The van der Waals surface area contributed by atoms with Gasteiger partial charge in [0.2, 0.25) is 10.8 Å². The van der Waals surface area contributed by atoms with Crippen molar-refractivity contribution in [2.75, 3.05) is 19.7 Å². The van der Waals surface area contributed by atoms with Gasteiger partial charge in [0, 0.05) is 13.0 Å². The van der Waals surface area contributed by atoms with Crippen LogP contribution in [0.5, 0.6) is 11.6 Å². The Bertz CT molecular complexity index is 934. The average molecular weight is 401 g/mol. The van der Waals surface area contributed by atoms with Gasteiger partial charge in [-0.3, -0.25) is 4.90 Å². The minimum absolute atomic E-state index is 0.00277. The monoisotopic (exact) mass is 400 g/mol. The van der Waals surface area contributed by atoms with Crippen LogP contribution in [0.2, 0.25) is 0 Å². The molecule has 2 aromatic heterocycles. The smallest absolute Gasteiger partial charge is 0.230 e. The van der Waals surface area contributed by atoms with E-state index < -0.39 is 0 Å². The molecule has 3 heterocycles. The van der Waals surface area contributed by atoms with Crippen molar-refractivity contribution < 1.29 is 9.84 Å². The molecule has 0 amide bonds. The first-order valence-corrected chi connectivity index (χ1v) is 11.0. The molecule has 4 rings (SSSR count). The van der Waals surface area contributed by atoms with E-state index in [-0.39, 0.29) is 11.9 Å². The molecule has 1 aliphatic rings. The summed E-state index contributed by atoms with van der Waals surface area (Å²) in [4.78, 5) is 8.71. The van der Waals surface area contributed by atoms with Gasteiger partial charge in [0.15, 0.2) is 5.82 Å². The van der Waals surface area contributed by atoms with Gasteiger partial charge in [-0.25, -0.2) is 4.98 Å². The summed E-state index contributed by atoms with van der Waals surface area (Å²) in [7, 11) is 0. The maximum Gasteiger partial charge on any atom is 0.230 e. The van der Waals surface area contributed by atoms with Crippen molar-refractivity contribution >= 4 is 16.3 Å². The van der Waals surface area contributed by atoms with Gasteiger partial charge in [0.25, 0.3) is 0 Å². The molecule has 1 aliphatic heterocycles. The molecule has 3 aromatic rings. The van der Waals surface area contributed by atoms with E-state index in [1.165, 1.54) is 24.2 Å². The Hall–Kier alpha value is -2.12. The Balaban J connectivity index is 1.76. The normalized spacial score (nSPS) is 19.2. The van der Waals surface area contributed by atoms with Crippen molar-refractivity contribution in [2.24, 2.45) is 5.92 Å². The molecular formula is C21H28N4O2S. The summed E-state index contributed by atoms with van der Waals surface area (Å²) in [5.74, 6) is 2.49. The minimum atomic E-state index is -0.00277. The van der Waals surface area contributed by atoms with E-state index in [0.717, 1.165) is 46.5 Å². The molecule has 28 heavy (non-hydrogen) atoms. The molecule has 7 heteroatoms. The van der Waals surface area contributed by atoms with Crippen LogP contribution in [-0.4, -0.2) is 44.3 Å². The largest absolute Gasteiger partial charge is 0.494 e. The van der Waals surface area contributed by atoms with Crippen LogP contribution in [0.1, 0.15) is 55.9 Å². The number of hydrogen-bond donors (Lipinski definition) is 1. The van der Waals surface area contributed by atoms with Crippen LogP contribution in [0.15, 0.2) is 24.3 Å². The molecule has 1 saturated heterocycles. The highest BCUT2D eigenvalue weighted by Crippen LogP contribution is 2.41. The lowest BCUT2D eigenvalue weighted by Gasteiger charge is -2.37. The second-order valence-electron chi connectivity index (χ2n) is 7.51. The third kappa shape index (κ3) is 3.61. The van der Waals surface area contributed by atoms with E-state index in [0.29, 0.717) is 12.5 Å². The van der Waals surface area contributed by atoms with E-state index >= 15 is 0 Å². The number of rotatable bonds is 6. The molecule has 1 aromatic carbocycles. The van der Waals surface area contributed by atoms with Crippen LogP contribution in [0.3, 0.4) is 0 Å². The first-order valence-electron chi connectivity index (χ1n) is 10.1. The SMILES string of the molecule is CCOc1ccc([C@@H](c2sc3nc(CC)nn3c2O)N2CCC[C@@H](C)C2)cc1. The molecule has 0 radical (unpaired) electrons. The number of nitrogens with zero attached hydrogens (tertiary/aromatic N) is 4. The summed E-state index contributed by atoms with van der Waals surface area (Å²) in [5.41, 5.74) is 1.16. The molecule has 150 valence electrons. The fourth-order valence-electron chi connectivity index (χ4n) is 4.02. The van der Waals surface area contributed by atoms with Gasteiger partial charge in [-0.1, -0.05) is 37.3 Å². The topological polar surface area (TPSA) is 62.9 Å². The van der Waals surface area contributed by atoms with Gasteiger partial charge in [-0.05, 0) is 49.9 Å². The van der Waals surface area contributed by atoms with Crippen LogP contribution in [0.4, 0.5) is 0 Å². The molecular weight excluding hydrogens is 372 g/mol. The van der Waals surface area contributed by atoms with Crippen LogP contribution >= 0.6 is 11.3 Å². The first kappa shape index (κ1) is 19.2. The Labute approximate surface area is 169 Å². The number of fused-ring (bicyclic) bond motifs is 1. The van der Waals surface area contributed by atoms with Crippen molar-refractivity contribution in [3.8, 4) is 11.6 Å². The molecule has 1 fully saturated rings. The van der Waals surface area contributed by atoms with Crippen molar-refractivity contribution in [3.05, 3.63) is 40.5 Å². The number of thiazole rings is 1. The van der Waals surface area contributed by atoms with Crippen molar-refractivity contribution in [3.63, 3.8) is 0 Å². The van der Waals surface area contributed by atoms with Gasteiger partial charge in [-0.2, -0.15) is 4.52 Å². The number of piperidine rings is 1. The lowest BCUT2D eigenvalue weighted by Crippen LogP contribution is -2.37. The second kappa shape index (κ2) is 8.09. The third-order valence-corrected chi connectivity index (χ3v) is 6.44. The zero-order valence-corrected chi connectivity index (χ0v) is 17.6. The second-order valence-corrected chi connectivity index (χ2v) is 8.52. The van der Waals surface area contributed by atoms with Gasteiger partial charge in [-0.15, -0.1) is 5.10 Å². The first-order chi connectivity index (χ1) is 13.6. The number of likely N-dealkylation sites (tertiary alicyclic amines) is 1. The number of ether oxygens (including phenoxy) is 1. The number of aromatic nitrogens is 3. The summed E-state index contributed by atoms with van der Waals surface area (Å²) in [5, 5.41) is 15.4. The molecule has 6 nitrogen and oxygen atoms in total. The highest BCUT2D eigenvalue weighted by Gasteiger charge is 2.31. The van der Waals surface area contributed by atoms with Crippen molar-refractivity contribution in [1.29, 1.82) is 0 Å². The number of hydrogen-bond acceptors (Lipinski definition) is 6.